The maximum atomic E-state index is 9.18. The maximum absolute atomic E-state index is 9.18. The van der Waals surface area contributed by atoms with Crippen LogP contribution in [0, 0.1) is 5.92 Å². The first kappa shape index (κ1) is 11.4. The Kier molecular flexibility index (Phi) is 2.68. The molecule has 0 amide bonds. The highest BCUT2D eigenvalue weighted by molar-refractivity contribution is 5.86. The third kappa shape index (κ3) is 1.65. The van der Waals surface area contributed by atoms with Gasteiger partial charge in [-0.05, 0) is 12.5 Å². The molecule has 2 aromatic rings. The van der Waals surface area contributed by atoms with Gasteiger partial charge in [-0.15, -0.1) is 0 Å². The van der Waals surface area contributed by atoms with E-state index in [0.29, 0.717) is 11.7 Å². The number of nitrogens with zero attached hydrogens (tertiary/aromatic N) is 3. The second-order valence-corrected chi connectivity index (χ2v) is 4.76. The predicted molar refractivity (Wildman–Crippen MR) is 66.7 cm³/mol. The van der Waals surface area contributed by atoms with Gasteiger partial charge in [0, 0.05) is 12.1 Å². The number of hydrogen-bond donors (Lipinski definition) is 2. The Bertz CT molecular complexity index is 568. The summed E-state index contributed by atoms with van der Waals surface area (Å²) in [6.45, 7) is 2.16. The normalized spacial score (nSPS) is 28.0. The smallest absolute Gasteiger partial charge is 0.147 e. The summed E-state index contributed by atoms with van der Waals surface area (Å²) in [5.74, 6) is 0.803. The van der Waals surface area contributed by atoms with Crippen LogP contribution in [0.3, 0.4) is 0 Å². The Morgan fingerprint density at radius 2 is 2.39 bits per heavy atom. The second kappa shape index (κ2) is 4.22. The molecule has 3 N–H and O–H groups in total. The molecule has 0 radical (unpaired) electrons. The molecule has 0 saturated carbocycles. The van der Waals surface area contributed by atoms with E-state index in [1.165, 1.54) is 6.33 Å². The third-order valence-electron chi connectivity index (χ3n) is 3.47. The lowest BCUT2D eigenvalue weighted by Crippen LogP contribution is -2.15. The SMILES string of the molecule is C[C@H]1CC(CO)O[C@H]1n1ccc2c(N)ncnc21. The van der Waals surface area contributed by atoms with E-state index in [2.05, 4.69) is 16.9 Å². The summed E-state index contributed by atoms with van der Waals surface area (Å²) in [5.41, 5.74) is 6.59. The van der Waals surface area contributed by atoms with Crippen molar-refractivity contribution >= 4 is 16.9 Å². The van der Waals surface area contributed by atoms with Gasteiger partial charge in [-0.1, -0.05) is 6.92 Å². The Morgan fingerprint density at radius 3 is 3.11 bits per heavy atom. The molecule has 3 atom stereocenters. The molecule has 0 aliphatic carbocycles. The molecule has 6 heteroatoms. The van der Waals surface area contributed by atoms with Crippen LogP contribution in [0.5, 0.6) is 0 Å². The minimum atomic E-state index is -0.103. The van der Waals surface area contributed by atoms with Crippen LogP contribution in [0.1, 0.15) is 19.6 Å². The highest BCUT2D eigenvalue weighted by atomic mass is 16.5. The van der Waals surface area contributed by atoms with Crippen molar-refractivity contribution < 1.29 is 9.84 Å². The molecule has 1 aliphatic rings. The monoisotopic (exact) mass is 248 g/mol. The van der Waals surface area contributed by atoms with Gasteiger partial charge in [0.15, 0.2) is 0 Å². The Balaban J connectivity index is 2.02. The maximum Gasteiger partial charge on any atom is 0.147 e. The number of aliphatic hydroxyl groups excluding tert-OH is 1. The summed E-state index contributed by atoms with van der Waals surface area (Å²) in [5, 5.41) is 10.0. The highest BCUT2D eigenvalue weighted by Crippen LogP contribution is 2.36. The zero-order valence-electron chi connectivity index (χ0n) is 10.2. The fourth-order valence-corrected chi connectivity index (χ4v) is 2.57. The molecular formula is C12H16N4O2. The van der Waals surface area contributed by atoms with Gasteiger partial charge < -0.3 is 20.1 Å². The van der Waals surface area contributed by atoms with Gasteiger partial charge in [-0.2, -0.15) is 0 Å². The minimum absolute atomic E-state index is 0.0527. The lowest BCUT2D eigenvalue weighted by molar-refractivity contribution is -0.0291. The zero-order chi connectivity index (χ0) is 12.7. The Hall–Kier alpha value is -1.66. The molecule has 0 spiro atoms. The van der Waals surface area contributed by atoms with E-state index in [1.807, 2.05) is 16.8 Å². The van der Waals surface area contributed by atoms with E-state index >= 15 is 0 Å². The zero-order valence-corrected chi connectivity index (χ0v) is 10.2. The van der Waals surface area contributed by atoms with Crippen molar-refractivity contribution in [3.8, 4) is 0 Å². The molecule has 18 heavy (non-hydrogen) atoms. The van der Waals surface area contributed by atoms with Gasteiger partial charge in [0.2, 0.25) is 0 Å². The molecular weight excluding hydrogens is 232 g/mol. The van der Waals surface area contributed by atoms with Crippen LogP contribution in [0.2, 0.25) is 0 Å². The number of rotatable bonds is 2. The average molecular weight is 248 g/mol. The molecule has 3 rings (SSSR count). The fraction of sp³-hybridized carbons (Fsp3) is 0.500. The second-order valence-electron chi connectivity index (χ2n) is 4.76. The van der Waals surface area contributed by atoms with E-state index in [-0.39, 0.29) is 18.9 Å². The molecule has 0 bridgehead atoms. The molecule has 1 saturated heterocycles. The summed E-state index contributed by atoms with van der Waals surface area (Å²) in [4.78, 5) is 8.23. The molecule has 3 heterocycles. The quantitative estimate of drug-likeness (QED) is 0.825. The number of nitrogens with two attached hydrogens (primary N) is 1. The van der Waals surface area contributed by atoms with Crippen LogP contribution in [-0.4, -0.2) is 32.4 Å². The summed E-state index contributed by atoms with van der Waals surface area (Å²) < 4.78 is 7.79. The van der Waals surface area contributed by atoms with Crippen molar-refractivity contribution in [3.05, 3.63) is 18.6 Å². The van der Waals surface area contributed by atoms with E-state index < -0.39 is 0 Å². The van der Waals surface area contributed by atoms with Crippen LogP contribution < -0.4 is 5.73 Å². The van der Waals surface area contributed by atoms with Crippen molar-refractivity contribution in [2.24, 2.45) is 5.92 Å². The van der Waals surface area contributed by atoms with Crippen molar-refractivity contribution in [2.45, 2.75) is 25.7 Å². The molecule has 96 valence electrons. The van der Waals surface area contributed by atoms with E-state index in [4.69, 9.17) is 10.5 Å². The summed E-state index contributed by atoms with van der Waals surface area (Å²) in [6, 6.07) is 1.90. The number of aromatic nitrogens is 3. The largest absolute Gasteiger partial charge is 0.394 e. The van der Waals surface area contributed by atoms with Crippen LogP contribution in [0.25, 0.3) is 11.0 Å². The number of nitrogen functional groups attached to an aromatic ring is 1. The topological polar surface area (TPSA) is 86.2 Å². The number of anilines is 1. The van der Waals surface area contributed by atoms with Gasteiger partial charge in [0.25, 0.3) is 0 Å². The number of fused-ring (bicyclic) bond motifs is 1. The third-order valence-corrected chi connectivity index (χ3v) is 3.47. The molecule has 1 aliphatic heterocycles. The molecule has 2 aromatic heterocycles. The Labute approximate surface area is 104 Å². The van der Waals surface area contributed by atoms with Crippen molar-refractivity contribution in [1.29, 1.82) is 0 Å². The molecule has 0 aromatic carbocycles. The first-order valence-electron chi connectivity index (χ1n) is 6.04. The Morgan fingerprint density at radius 1 is 1.56 bits per heavy atom. The van der Waals surface area contributed by atoms with Crippen LogP contribution in [-0.2, 0) is 4.74 Å². The number of aliphatic hydroxyl groups is 1. The fourth-order valence-electron chi connectivity index (χ4n) is 2.57. The molecule has 1 unspecified atom stereocenters. The van der Waals surface area contributed by atoms with Crippen molar-refractivity contribution in [2.75, 3.05) is 12.3 Å². The average Bonchev–Trinajstić information content (AvgIpc) is 2.93. The van der Waals surface area contributed by atoms with E-state index in [1.54, 1.807) is 0 Å². The van der Waals surface area contributed by atoms with E-state index in [9.17, 15) is 5.11 Å². The van der Waals surface area contributed by atoms with Gasteiger partial charge in [-0.3, -0.25) is 0 Å². The summed E-state index contributed by atoms with van der Waals surface area (Å²) >= 11 is 0. The lowest BCUT2D eigenvalue weighted by atomic mass is 10.1. The van der Waals surface area contributed by atoms with Crippen molar-refractivity contribution in [1.82, 2.24) is 14.5 Å². The van der Waals surface area contributed by atoms with Gasteiger partial charge in [0.05, 0.1) is 18.1 Å². The first-order valence-corrected chi connectivity index (χ1v) is 6.04. The van der Waals surface area contributed by atoms with Gasteiger partial charge in [0.1, 0.15) is 24.0 Å². The number of ether oxygens (including phenoxy) is 1. The van der Waals surface area contributed by atoms with Gasteiger partial charge >= 0.3 is 0 Å². The van der Waals surface area contributed by atoms with Crippen LogP contribution >= 0.6 is 0 Å². The van der Waals surface area contributed by atoms with Crippen LogP contribution in [0.15, 0.2) is 18.6 Å². The molecule has 6 nitrogen and oxygen atoms in total. The summed E-state index contributed by atoms with van der Waals surface area (Å²) in [7, 11) is 0. The predicted octanol–water partition coefficient (Wildman–Crippen LogP) is 0.929. The van der Waals surface area contributed by atoms with Crippen molar-refractivity contribution in [3.63, 3.8) is 0 Å². The lowest BCUT2D eigenvalue weighted by Gasteiger charge is -2.18. The molecule has 1 fully saturated rings. The minimum Gasteiger partial charge on any atom is -0.394 e. The van der Waals surface area contributed by atoms with Gasteiger partial charge in [-0.25, -0.2) is 9.97 Å². The van der Waals surface area contributed by atoms with E-state index in [0.717, 1.165) is 17.5 Å². The summed E-state index contributed by atoms with van der Waals surface area (Å²) in [6.07, 6.45) is 4.02. The number of hydrogen-bond acceptors (Lipinski definition) is 5. The first-order chi connectivity index (χ1) is 8.70. The standard InChI is InChI=1S/C12H16N4O2/c1-7-4-8(5-17)18-12(7)16-3-2-9-10(13)14-6-15-11(9)16/h2-3,6-8,12,17H,4-5H2,1H3,(H2,13,14,15)/t7-,8?,12+/m0/s1. The van der Waals surface area contributed by atoms with Crippen LogP contribution in [0.4, 0.5) is 5.82 Å². The highest BCUT2D eigenvalue weighted by Gasteiger charge is 2.33.